The van der Waals surface area contributed by atoms with Gasteiger partial charge in [0.2, 0.25) is 0 Å². The zero-order valence-electron chi connectivity index (χ0n) is 16.5. The third kappa shape index (κ3) is 6.27. The largest absolute Gasteiger partial charge is 0.481 e. The summed E-state index contributed by atoms with van der Waals surface area (Å²) in [5, 5.41) is 28.3. The quantitative estimate of drug-likeness (QED) is 0.342. The molecule has 1 heterocycles. The van der Waals surface area contributed by atoms with E-state index in [2.05, 4.69) is 0 Å². The molecule has 0 aromatic heterocycles. The second-order valence-corrected chi connectivity index (χ2v) is 8.13. The lowest BCUT2D eigenvalue weighted by Crippen LogP contribution is -2.24. The molecule has 7 atom stereocenters. The van der Waals surface area contributed by atoms with E-state index in [4.69, 9.17) is 9.84 Å². The molecule has 2 fully saturated rings. The van der Waals surface area contributed by atoms with E-state index in [1.54, 1.807) is 6.08 Å². The second kappa shape index (κ2) is 10.9. The van der Waals surface area contributed by atoms with E-state index in [1.807, 2.05) is 6.92 Å². The minimum absolute atomic E-state index is 0.0119. The maximum Gasteiger partial charge on any atom is 0.307 e. The number of carboxylic acids is 2. The zero-order valence-corrected chi connectivity index (χ0v) is 16.5. The number of aliphatic hydroxyl groups is 1. The topological polar surface area (TPSA) is 104 Å². The fourth-order valence-corrected chi connectivity index (χ4v) is 4.51. The predicted octanol–water partition coefficient (Wildman–Crippen LogP) is 3.57. The van der Waals surface area contributed by atoms with Crippen LogP contribution in [-0.2, 0) is 14.3 Å². The van der Waals surface area contributed by atoms with Crippen LogP contribution in [0.3, 0.4) is 0 Å². The van der Waals surface area contributed by atoms with Gasteiger partial charge in [-0.05, 0) is 43.9 Å². The van der Waals surface area contributed by atoms with Gasteiger partial charge in [-0.1, -0.05) is 38.3 Å². The number of hydrogen-bond donors (Lipinski definition) is 3. The molecular weight excluding hydrogens is 367 g/mol. The van der Waals surface area contributed by atoms with Crippen LogP contribution >= 0.6 is 0 Å². The SMILES string of the molecule is CCCCC(F)[C@H](O)C=C[C@@H]1[C@H](C(=O)O)CC2O[C@@H](CCCCC(=O)O)C[C@@H]21. The molecule has 0 amide bonds. The number of allylic oxidation sites excluding steroid dienone is 1. The number of hydrogen-bond acceptors (Lipinski definition) is 4. The number of fused-ring (bicyclic) bond motifs is 1. The van der Waals surface area contributed by atoms with Crippen molar-refractivity contribution in [3.63, 3.8) is 0 Å². The van der Waals surface area contributed by atoms with Gasteiger partial charge in [-0.15, -0.1) is 0 Å². The van der Waals surface area contributed by atoms with Crippen LogP contribution in [0.15, 0.2) is 12.2 Å². The molecule has 2 unspecified atom stereocenters. The van der Waals surface area contributed by atoms with Gasteiger partial charge in [0, 0.05) is 6.42 Å². The van der Waals surface area contributed by atoms with E-state index in [9.17, 15) is 24.2 Å². The molecule has 0 aromatic rings. The monoisotopic (exact) mass is 400 g/mol. The summed E-state index contributed by atoms with van der Waals surface area (Å²) in [6.07, 6.45) is 5.70. The average molecular weight is 400 g/mol. The number of unbranched alkanes of at least 4 members (excludes halogenated alkanes) is 2. The van der Waals surface area contributed by atoms with Crippen LogP contribution in [0.2, 0.25) is 0 Å². The van der Waals surface area contributed by atoms with Gasteiger partial charge in [0.1, 0.15) is 12.3 Å². The van der Waals surface area contributed by atoms with Crippen molar-refractivity contribution in [2.75, 3.05) is 0 Å². The van der Waals surface area contributed by atoms with Gasteiger partial charge < -0.3 is 20.1 Å². The molecule has 1 saturated carbocycles. The lowest BCUT2D eigenvalue weighted by Gasteiger charge is -2.19. The lowest BCUT2D eigenvalue weighted by molar-refractivity contribution is -0.143. The summed E-state index contributed by atoms with van der Waals surface area (Å²) in [4.78, 5) is 22.2. The summed E-state index contributed by atoms with van der Waals surface area (Å²) in [7, 11) is 0. The Kier molecular flexibility index (Phi) is 8.89. The van der Waals surface area contributed by atoms with Crippen LogP contribution in [0.1, 0.15) is 64.7 Å². The highest BCUT2D eigenvalue weighted by atomic mass is 19.1. The van der Waals surface area contributed by atoms with Crippen molar-refractivity contribution in [2.24, 2.45) is 17.8 Å². The summed E-state index contributed by atoms with van der Waals surface area (Å²) in [5.41, 5.74) is 0. The molecule has 0 radical (unpaired) electrons. The Morgan fingerprint density at radius 2 is 1.96 bits per heavy atom. The Morgan fingerprint density at radius 1 is 1.21 bits per heavy atom. The molecule has 0 bridgehead atoms. The van der Waals surface area contributed by atoms with E-state index >= 15 is 0 Å². The summed E-state index contributed by atoms with van der Waals surface area (Å²) in [6, 6.07) is 0. The Hall–Kier alpha value is -1.47. The Balaban J connectivity index is 1.92. The predicted molar refractivity (Wildman–Crippen MR) is 102 cm³/mol. The van der Waals surface area contributed by atoms with E-state index in [-0.39, 0.29) is 30.5 Å². The van der Waals surface area contributed by atoms with Crippen LogP contribution in [-0.4, -0.2) is 51.7 Å². The first-order valence-corrected chi connectivity index (χ1v) is 10.4. The van der Waals surface area contributed by atoms with Crippen LogP contribution in [0.4, 0.5) is 4.39 Å². The first-order valence-electron chi connectivity index (χ1n) is 10.4. The van der Waals surface area contributed by atoms with Gasteiger partial charge >= 0.3 is 11.9 Å². The molecule has 6 nitrogen and oxygen atoms in total. The van der Waals surface area contributed by atoms with Crippen molar-refractivity contribution in [1.29, 1.82) is 0 Å². The first-order chi connectivity index (χ1) is 13.3. The molecule has 3 N–H and O–H groups in total. The summed E-state index contributed by atoms with van der Waals surface area (Å²) < 4.78 is 20.0. The first kappa shape index (κ1) is 22.8. The van der Waals surface area contributed by atoms with Gasteiger partial charge in [0.15, 0.2) is 0 Å². The van der Waals surface area contributed by atoms with E-state index in [0.717, 1.165) is 25.7 Å². The van der Waals surface area contributed by atoms with Crippen molar-refractivity contribution >= 4 is 11.9 Å². The molecule has 0 aromatic carbocycles. The van der Waals surface area contributed by atoms with Gasteiger partial charge in [-0.25, -0.2) is 4.39 Å². The molecule has 2 aliphatic rings. The van der Waals surface area contributed by atoms with Crippen molar-refractivity contribution < 1.29 is 34.0 Å². The van der Waals surface area contributed by atoms with Gasteiger partial charge in [-0.2, -0.15) is 0 Å². The third-order valence-corrected chi connectivity index (χ3v) is 6.04. The maximum absolute atomic E-state index is 14.0. The van der Waals surface area contributed by atoms with E-state index < -0.39 is 30.1 Å². The number of alkyl halides is 1. The van der Waals surface area contributed by atoms with Gasteiger partial charge in [0.25, 0.3) is 0 Å². The highest BCUT2D eigenvalue weighted by Crippen LogP contribution is 2.48. The molecule has 0 spiro atoms. The van der Waals surface area contributed by atoms with Crippen LogP contribution in [0.25, 0.3) is 0 Å². The summed E-state index contributed by atoms with van der Waals surface area (Å²) in [6.45, 7) is 1.96. The fraction of sp³-hybridized carbons (Fsp3) is 0.810. The number of ether oxygens (including phenoxy) is 1. The Labute approximate surface area is 165 Å². The number of carboxylic acid groups (broad SMARTS) is 2. The van der Waals surface area contributed by atoms with E-state index in [1.165, 1.54) is 6.08 Å². The summed E-state index contributed by atoms with van der Waals surface area (Å²) >= 11 is 0. The van der Waals surface area contributed by atoms with Crippen molar-refractivity contribution in [1.82, 2.24) is 0 Å². The standard InChI is InChI=1S/C21H33FO6/c1-2-3-7-17(22)18(23)10-9-14-15-11-13(6-4-5-8-20(24)25)28-19(15)12-16(14)21(26)27/h9-10,13-19,23H,2-8,11-12H2,1H3,(H,24,25)(H,26,27)/t13-,14-,15+,16+,17?,18+,19?/m0/s1. The van der Waals surface area contributed by atoms with E-state index in [0.29, 0.717) is 25.7 Å². The zero-order chi connectivity index (χ0) is 20.7. The minimum atomic E-state index is -1.33. The number of aliphatic hydroxyl groups excluding tert-OH is 1. The Bertz CT molecular complexity index is 551. The number of rotatable bonds is 12. The van der Waals surface area contributed by atoms with Crippen LogP contribution in [0.5, 0.6) is 0 Å². The molecule has 1 saturated heterocycles. The smallest absolute Gasteiger partial charge is 0.307 e. The summed E-state index contributed by atoms with van der Waals surface area (Å²) in [5.74, 6) is -2.51. The lowest BCUT2D eigenvalue weighted by atomic mass is 9.85. The minimum Gasteiger partial charge on any atom is -0.481 e. The highest BCUT2D eigenvalue weighted by molar-refractivity contribution is 5.71. The van der Waals surface area contributed by atoms with Crippen molar-refractivity contribution in [3.8, 4) is 0 Å². The molecule has 2 rings (SSSR count). The maximum atomic E-state index is 14.0. The molecule has 1 aliphatic heterocycles. The number of aliphatic carboxylic acids is 2. The average Bonchev–Trinajstić information content (AvgIpc) is 3.18. The van der Waals surface area contributed by atoms with Crippen molar-refractivity contribution in [3.05, 3.63) is 12.2 Å². The number of carbonyl (C=O) groups is 2. The van der Waals surface area contributed by atoms with Crippen molar-refractivity contribution in [2.45, 2.75) is 89.2 Å². The third-order valence-electron chi connectivity index (χ3n) is 6.04. The fourth-order valence-electron chi connectivity index (χ4n) is 4.51. The molecule has 1 aliphatic carbocycles. The van der Waals surface area contributed by atoms with Crippen LogP contribution in [0, 0.1) is 17.8 Å². The van der Waals surface area contributed by atoms with Gasteiger partial charge in [-0.3, -0.25) is 9.59 Å². The number of halogens is 1. The highest BCUT2D eigenvalue weighted by Gasteiger charge is 2.50. The molecule has 28 heavy (non-hydrogen) atoms. The van der Waals surface area contributed by atoms with Gasteiger partial charge in [0.05, 0.1) is 18.1 Å². The molecular formula is C21H33FO6. The second-order valence-electron chi connectivity index (χ2n) is 8.13. The van der Waals surface area contributed by atoms with Crippen LogP contribution < -0.4 is 0 Å². The normalized spacial score (nSPS) is 31.8. The Morgan fingerprint density at radius 3 is 2.61 bits per heavy atom. The molecule has 7 heteroatoms. The molecule has 160 valence electrons.